The highest BCUT2D eigenvalue weighted by atomic mass is 32.2. The van der Waals surface area contributed by atoms with Crippen molar-refractivity contribution in [2.45, 2.75) is 19.3 Å². The largest absolute Gasteiger partial charge is 0.303 e. The van der Waals surface area contributed by atoms with Gasteiger partial charge in [-0.2, -0.15) is 0 Å². The van der Waals surface area contributed by atoms with Crippen LogP contribution in [0.15, 0.2) is 24.3 Å². The number of anilines is 1. The molecule has 0 aliphatic rings. The van der Waals surface area contributed by atoms with Gasteiger partial charge in [0.2, 0.25) is 10.0 Å². The van der Waals surface area contributed by atoms with E-state index >= 15 is 0 Å². The van der Waals surface area contributed by atoms with E-state index in [2.05, 4.69) is 4.72 Å². The molecule has 0 aliphatic heterocycles. The summed E-state index contributed by atoms with van der Waals surface area (Å²) in [6, 6.07) is 7.16. The fourth-order valence-corrected chi connectivity index (χ4v) is 1.91. The molecule has 1 aromatic rings. The van der Waals surface area contributed by atoms with E-state index < -0.39 is 10.0 Å². The topological polar surface area (TPSA) is 63.2 Å². The summed E-state index contributed by atoms with van der Waals surface area (Å²) in [6.07, 6.45) is 4.23. The summed E-state index contributed by atoms with van der Waals surface area (Å²) in [5.41, 5.74) is 1.66. The van der Waals surface area contributed by atoms with Gasteiger partial charge in [-0.15, -0.1) is 0 Å². The number of aryl methyl sites for hydroxylation is 1. The van der Waals surface area contributed by atoms with Crippen LogP contribution in [0.3, 0.4) is 0 Å². The summed E-state index contributed by atoms with van der Waals surface area (Å²) >= 11 is 0. The maximum Gasteiger partial charge on any atom is 0.229 e. The predicted octanol–water partition coefficient (Wildman–Crippen LogP) is 1.58. The van der Waals surface area contributed by atoms with Gasteiger partial charge in [-0.1, -0.05) is 12.1 Å². The first-order chi connectivity index (χ1) is 7.51. The molecule has 1 aromatic carbocycles. The first kappa shape index (κ1) is 12.7. The molecule has 1 N–H and O–H groups in total. The lowest BCUT2D eigenvalue weighted by molar-refractivity contribution is -0.107. The molecular weight excluding hydrogens is 226 g/mol. The number of carbonyl (C=O) groups is 1. The predicted molar refractivity (Wildman–Crippen MR) is 63.9 cm³/mol. The number of sulfonamides is 1. The second kappa shape index (κ2) is 5.65. The van der Waals surface area contributed by atoms with Gasteiger partial charge in [0.15, 0.2) is 0 Å². The molecule has 0 atom stereocenters. The van der Waals surface area contributed by atoms with Crippen LogP contribution in [0, 0.1) is 0 Å². The van der Waals surface area contributed by atoms with E-state index in [0.717, 1.165) is 30.9 Å². The van der Waals surface area contributed by atoms with Crippen molar-refractivity contribution in [1.29, 1.82) is 0 Å². The highest BCUT2D eigenvalue weighted by Gasteiger charge is 2.01. The normalized spacial score (nSPS) is 11.1. The van der Waals surface area contributed by atoms with Crippen LogP contribution < -0.4 is 4.72 Å². The highest BCUT2D eigenvalue weighted by Crippen LogP contribution is 2.12. The Kier molecular flexibility index (Phi) is 4.49. The van der Waals surface area contributed by atoms with Gasteiger partial charge in [-0.25, -0.2) is 8.42 Å². The van der Waals surface area contributed by atoms with Gasteiger partial charge in [0.1, 0.15) is 6.29 Å². The van der Waals surface area contributed by atoms with Crippen LogP contribution in [0.4, 0.5) is 5.69 Å². The Balaban J connectivity index is 2.57. The maximum absolute atomic E-state index is 10.9. The van der Waals surface area contributed by atoms with E-state index in [-0.39, 0.29) is 0 Å². The summed E-state index contributed by atoms with van der Waals surface area (Å²) in [7, 11) is -3.21. The van der Waals surface area contributed by atoms with Crippen LogP contribution in [0.1, 0.15) is 18.4 Å². The van der Waals surface area contributed by atoms with Gasteiger partial charge < -0.3 is 4.79 Å². The molecule has 0 fully saturated rings. The SMILES string of the molecule is CS(=O)(=O)Nc1ccc(CCCC=O)cc1. The molecule has 0 aromatic heterocycles. The Morgan fingerprint density at radius 3 is 2.38 bits per heavy atom. The minimum atomic E-state index is -3.21. The third-order valence-corrected chi connectivity index (χ3v) is 2.65. The minimum Gasteiger partial charge on any atom is -0.303 e. The summed E-state index contributed by atoms with van der Waals surface area (Å²) in [6.45, 7) is 0. The van der Waals surface area contributed by atoms with Crippen molar-refractivity contribution in [3.8, 4) is 0 Å². The number of unbranched alkanes of at least 4 members (excludes halogenated alkanes) is 1. The number of benzene rings is 1. The first-order valence-electron chi connectivity index (χ1n) is 5.01. The molecule has 0 radical (unpaired) electrons. The van der Waals surface area contributed by atoms with Gasteiger partial charge >= 0.3 is 0 Å². The van der Waals surface area contributed by atoms with Crippen molar-refractivity contribution in [2.24, 2.45) is 0 Å². The Morgan fingerprint density at radius 1 is 1.25 bits per heavy atom. The molecule has 0 amide bonds. The van der Waals surface area contributed by atoms with Crippen LogP contribution in [0.25, 0.3) is 0 Å². The lowest BCUT2D eigenvalue weighted by atomic mass is 10.1. The molecule has 0 bridgehead atoms. The summed E-state index contributed by atoms with van der Waals surface area (Å²) in [5, 5.41) is 0. The van der Waals surface area contributed by atoms with Crippen molar-refractivity contribution in [3.05, 3.63) is 29.8 Å². The van der Waals surface area contributed by atoms with Gasteiger partial charge in [0.25, 0.3) is 0 Å². The Labute approximate surface area is 95.7 Å². The molecule has 1 rings (SSSR count). The quantitative estimate of drug-likeness (QED) is 0.607. The molecule has 16 heavy (non-hydrogen) atoms. The van der Waals surface area contributed by atoms with Crippen LogP contribution in [-0.4, -0.2) is 21.0 Å². The summed E-state index contributed by atoms with van der Waals surface area (Å²) in [5.74, 6) is 0. The van der Waals surface area contributed by atoms with Crippen molar-refractivity contribution in [3.63, 3.8) is 0 Å². The molecule has 0 saturated heterocycles. The van der Waals surface area contributed by atoms with Crippen LogP contribution >= 0.6 is 0 Å². The van der Waals surface area contributed by atoms with Crippen LogP contribution in [-0.2, 0) is 21.2 Å². The van der Waals surface area contributed by atoms with E-state index in [1.807, 2.05) is 12.1 Å². The maximum atomic E-state index is 10.9. The van der Waals surface area contributed by atoms with Crippen molar-refractivity contribution >= 4 is 22.0 Å². The minimum absolute atomic E-state index is 0.557. The molecule has 0 heterocycles. The molecule has 0 spiro atoms. The van der Waals surface area contributed by atoms with Crippen LogP contribution in [0.2, 0.25) is 0 Å². The third kappa shape index (κ3) is 4.93. The van der Waals surface area contributed by atoms with E-state index in [1.165, 1.54) is 0 Å². The fraction of sp³-hybridized carbons (Fsp3) is 0.364. The number of aldehydes is 1. The number of nitrogens with one attached hydrogen (secondary N) is 1. The third-order valence-electron chi connectivity index (χ3n) is 2.04. The van der Waals surface area contributed by atoms with E-state index in [4.69, 9.17) is 0 Å². The van der Waals surface area contributed by atoms with E-state index in [0.29, 0.717) is 12.1 Å². The smallest absolute Gasteiger partial charge is 0.229 e. The average molecular weight is 241 g/mol. The number of carbonyl (C=O) groups excluding carboxylic acids is 1. The van der Waals surface area contributed by atoms with Crippen molar-refractivity contribution in [2.75, 3.05) is 11.0 Å². The second-order valence-corrected chi connectivity index (χ2v) is 5.38. The number of rotatable bonds is 6. The lowest BCUT2D eigenvalue weighted by Crippen LogP contribution is -2.09. The highest BCUT2D eigenvalue weighted by molar-refractivity contribution is 7.92. The lowest BCUT2D eigenvalue weighted by Gasteiger charge is -2.04. The van der Waals surface area contributed by atoms with Gasteiger partial charge in [-0.05, 0) is 30.5 Å². The zero-order valence-electron chi connectivity index (χ0n) is 9.14. The summed E-state index contributed by atoms with van der Waals surface area (Å²) in [4.78, 5) is 10.1. The molecule has 88 valence electrons. The standard InChI is InChI=1S/C11H15NO3S/c1-16(14,15)12-11-7-5-10(6-8-11)4-2-3-9-13/h5-9,12H,2-4H2,1H3. The second-order valence-electron chi connectivity index (χ2n) is 3.63. The molecule has 4 nitrogen and oxygen atoms in total. The summed E-state index contributed by atoms with van der Waals surface area (Å²) < 4.78 is 24.3. The first-order valence-corrected chi connectivity index (χ1v) is 6.91. The van der Waals surface area contributed by atoms with Crippen LogP contribution in [0.5, 0.6) is 0 Å². The Morgan fingerprint density at radius 2 is 1.88 bits per heavy atom. The van der Waals surface area contributed by atoms with E-state index in [9.17, 15) is 13.2 Å². The molecule has 0 saturated carbocycles. The Hall–Kier alpha value is -1.36. The van der Waals surface area contributed by atoms with Crippen molar-refractivity contribution in [1.82, 2.24) is 0 Å². The van der Waals surface area contributed by atoms with Gasteiger partial charge in [-0.3, -0.25) is 4.72 Å². The van der Waals surface area contributed by atoms with Crippen molar-refractivity contribution < 1.29 is 13.2 Å². The zero-order chi connectivity index (χ0) is 12.0. The zero-order valence-corrected chi connectivity index (χ0v) is 9.96. The number of hydrogen-bond acceptors (Lipinski definition) is 3. The van der Waals surface area contributed by atoms with Gasteiger partial charge in [0, 0.05) is 12.1 Å². The number of hydrogen-bond donors (Lipinski definition) is 1. The Bertz CT molecular complexity index is 437. The fourth-order valence-electron chi connectivity index (χ4n) is 1.34. The monoisotopic (exact) mass is 241 g/mol. The molecule has 5 heteroatoms. The van der Waals surface area contributed by atoms with Gasteiger partial charge in [0.05, 0.1) is 6.26 Å². The average Bonchev–Trinajstić information content (AvgIpc) is 2.19. The molecular formula is C11H15NO3S. The molecule has 0 aliphatic carbocycles. The molecule has 0 unspecified atom stereocenters. The van der Waals surface area contributed by atoms with E-state index in [1.54, 1.807) is 12.1 Å².